The molecule has 5 rings (SSSR count). The molecule has 0 spiro atoms. The van der Waals surface area contributed by atoms with Crippen molar-refractivity contribution >= 4 is 10.8 Å². The molecular formula is C18H14N2. The Hall–Kier alpha value is -2.19. The molecule has 2 aliphatic rings. The Morgan fingerprint density at radius 3 is 2.45 bits per heavy atom. The monoisotopic (exact) mass is 258 g/mol. The lowest BCUT2D eigenvalue weighted by atomic mass is 9.87. The van der Waals surface area contributed by atoms with Crippen LogP contribution in [0, 0.1) is 0 Å². The van der Waals surface area contributed by atoms with Crippen LogP contribution in [0.25, 0.3) is 10.8 Å². The highest BCUT2D eigenvalue weighted by molar-refractivity contribution is 5.88. The fourth-order valence-corrected chi connectivity index (χ4v) is 4.00. The van der Waals surface area contributed by atoms with Crippen molar-refractivity contribution in [1.82, 2.24) is 9.88 Å². The molecule has 0 radical (unpaired) electrons. The number of benzene rings is 2. The molecule has 2 heteroatoms. The lowest BCUT2D eigenvalue weighted by molar-refractivity contribution is 0.295. The second kappa shape index (κ2) is 3.47. The molecule has 3 aromatic rings. The summed E-state index contributed by atoms with van der Waals surface area (Å²) in [6.45, 7) is 0. The Kier molecular flexibility index (Phi) is 1.83. The van der Waals surface area contributed by atoms with Crippen LogP contribution in [-0.4, -0.2) is 16.9 Å². The fourth-order valence-electron chi connectivity index (χ4n) is 4.00. The van der Waals surface area contributed by atoms with E-state index in [1.807, 2.05) is 6.20 Å². The fraction of sp³-hybridized carbons (Fsp3) is 0.167. The van der Waals surface area contributed by atoms with E-state index >= 15 is 0 Å². The minimum absolute atomic E-state index is 0.329. The number of nitrogens with zero attached hydrogens (tertiary/aromatic N) is 2. The zero-order valence-corrected chi connectivity index (χ0v) is 11.2. The maximum Gasteiger partial charge on any atom is 0.0788 e. The summed E-state index contributed by atoms with van der Waals surface area (Å²) in [7, 11) is 2.21. The molecule has 2 bridgehead atoms. The minimum atomic E-state index is 0.329. The van der Waals surface area contributed by atoms with Crippen LogP contribution in [0.4, 0.5) is 0 Å². The number of hydrogen-bond acceptors (Lipinski definition) is 2. The van der Waals surface area contributed by atoms with Gasteiger partial charge in [-0.05, 0) is 23.6 Å². The second-order valence-electron chi connectivity index (χ2n) is 5.74. The van der Waals surface area contributed by atoms with E-state index in [2.05, 4.69) is 60.5 Å². The van der Waals surface area contributed by atoms with Crippen LogP contribution >= 0.6 is 0 Å². The molecule has 20 heavy (non-hydrogen) atoms. The standard InChI is InChI=1S/C18H14N2/c1-20-17-13-8-4-5-9-14(13)18(20)16-15(17)12-7-3-2-6-11(12)10-19-16/h2-10,17-18H,1H3. The van der Waals surface area contributed by atoms with E-state index in [1.165, 1.54) is 33.2 Å². The first kappa shape index (κ1) is 10.6. The molecular weight excluding hydrogens is 244 g/mol. The van der Waals surface area contributed by atoms with Crippen LogP contribution in [-0.2, 0) is 0 Å². The van der Waals surface area contributed by atoms with Gasteiger partial charge in [-0.2, -0.15) is 0 Å². The molecule has 2 nitrogen and oxygen atoms in total. The number of aromatic nitrogens is 1. The summed E-state index contributed by atoms with van der Waals surface area (Å²) in [4.78, 5) is 7.23. The molecule has 2 aromatic carbocycles. The molecule has 2 atom stereocenters. The first-order chi connectivity index (χ1) is 9.86. The molecule has 0 saturated carbocycles. The number of fused-ring (bicyclic) bond motifs is 10. The van der Waals surface area contributed by atoms with Gasteiger partial charge in [-0.15, -0.1) is 0 Å². The van der Waals surface area contributed by atoms with E-state index < -0.39 is 0 Å². The van der Waals surface area contributed by atoms with Crippen LogP contribution in [0.5, 0.6) is 0 Å². The first-order valence-electron chi connectivity index (χ1n) is 7.04. The van der Waals surface area contributed by atoms with Crippen LogP contribution in [0.3, 0.4) is 0 Å². The van der Waals surface area contributed by atoms with Crippen LogP contribution in [0.15, 0.2) is 54.7 Å². The smallest absolute Gasteiger partial charge is 0.0788 e. The third kappa shape index (κ3) is 1.07. The van der Waals surface area contributed by atoms with Gasteiger partial charge >= 0.3 is 0 Å². The molecule has 2 unspecified atom stereocenters. The van der Waals surface area contributed by atoms with Gasteiger partial charge in [-0.3, -0.25) is 9.88 Å². The second-order valence-corrected chi connectivity index (χ2v) is 5.74. The third-order valence-corrected chi connectivity index (χ3v) is 4.80. The molecule has 2 aliphatic heterocycles. The maximum absolute atomic E-state index is 4.78. The van der Waals surface area contributed by atoms with Crippen molar-refractivity contribution in [2.75, 3.05) is 7.05 Å². The van der Waals surface area contributed by atoms with E-state index in [-0.39, 0.29) is 0 Å². The summed E-state index contributed by atoms with van der Waals surface area (Å²) in [6.07, 6.45) is 2.02. The summed E-state index contributed by atoms with van der Waals surface area (Å²) >= 11 is 0. The normalized spacial score (nSPS) is 23.1. The van der Waals surface area contributed by atoms with E-state index in [0.717, 1.165) is 0 Å². The van der Waals surface area contributed by atoms with Gasteiger partial charge in [0.2, 0.25) is 0 Å². The van der Waals surface area contributed by atoms with Crippen molar-refractivity contribution in [2.24, 2.45) is 0 Å². The zero-order valence-electron chi connectivity index (χ0n) is 11.2. The highest BCUT2D eigenvalue weighted by Gasteiger charge is 2.47. The van der Waals surface area contributed by atoms with Gasteiger partial charge in [0.15, 0.2) is 0 Å². The van der Waals surface area contributed by atoms with Crippen molar-refractivity contribution in [3.63, 3.8) is 0 Å². The Morgan fingerprint density at radius 2 is 1.60 bits per heavy atom. The number of rotatable bonds is 0. The Balaban J connectivity index is 1.90. The molecule has 0 aliphatic carbocycles. The van der Waals surface area contributed by atoms with E-state index in [1.54, 1.807) is 0 Å². The predicted octanol–water partition coefficient (Wildman–Crippen LogP) is 3.67. The van der Waals surface area contributed by atoms with E-state index in [4.69, 9.17) is 4.98 Å². The van der Waals surface area contributed by atoms with Gasteiger partial charge in [-0.25, -0.2) is 0 Å². The van der Waals surface area contributed by atoms with Crippen molar-refractivity contribution in [3.8, 4) is 0 Å². The third-order valence-electron chi connectivity index (χ3n) is 4.80. The Labute approximate surface area is 117 Å². The quantitative estimate of drug-likeness (QED) is 0.611. The maximum atomic E-state index is 4.78. The Bertz CT molecular complexity index is 853. The number of pyridine rings is 1. The zero-order chi connectivity index (χ0) is 13.3. The molecule has 3 heterocycles. The summed E-state index contributed by atoms with van der Waals surface area (Å²) in [5.74, 6) is 0. The Morgan fingerprint density at radius 1 is 0.900 bits per heavy atom. The predicted molar refractivity (Wildman–Crippen MR) is 79.6 cm³/mol. The highest BCUT2D eigenvalue weighted by Crippen LogP contribution is 2.55. The van der Waals surface area contributed by atoms with Crippen molar-refractivity contribution in [1.29, 1.82) is 0 Å². The molecule has 0 saturated heterocycles. The van der Waals surface area contributed by atoms with Gasteiger partial charge in [0.05, 0.1) is 17.8 Å². The topological polar surface area (TPSA) is 16.1 Å². The number of hydrogen-bond donors (Lipinski definition) is 0. The highest BCUT2D eigenvalue weighted by atomic mass is 15.2. The minimum Gasteiger partial charge on any atom is -0.283 e. The van der Waals surface area contributed by atoms with Crippen LogP contribution in [0.2, 0.25) is 0 Å². The van der Waals surface area contributed by atoms with Crippen LogP contribution < -0.4 is 0 Å². The van der Waals surface area contributed by atoms with Gasteiger partial charge in [0.1, 0.15) is 0 Å². The van der Waals surface area contributed by atoms with Crippen molar-refractivity contribution in [2.45, 2.75) is 12.1 Å². The average molecular weight is 258 g/mol. The lowest BCUT2D eigenvalue weighted by Gasteiger charge is -2.18. The van der Waals surface area contributed by atoms with Gasteiger partial charge in [0.25, 0.3) is 0 Å². The summed E-state index contributed by atoms with van der Waals surface area (Å²) < 4.78 is 0. The van der Waals surface area contributed by atoms with Crippen molar-refractivity contribution in [3.05, 3.63) is 77.1 Å². The molecule has 0 amide bonds. The lowest BCUT2D eigenvalue weighted by Crippen LogP contribution is -2.14. The first-order valence-corrected chi connectivity index (χ1v) is 7.04. The van der Waals surface area contributed by atoms with Gasteiger partial charge in [-0.1, -0.05) is 48.5 Å². The largest absolute Gasteiger partial charge is 0.283 e. The van der Waals surface area contributed by atoms with E-state index in [9.17, 15) is 0 Å². The van der Waals surface area contributed by atoms with Crippen LogP contribution in [0.1, 0.15) is 34.5 Å². The summed E-state index contributed by atoms with van der Waals surface area (Å²) in [6, 6.07) is 18.1. The van der Waals surface area contributed by atoms with Gasteiger partial charge in [0, 0.05) is 17.1 Å². The molecule has 96 valence electrons. The summed E-state index contributed by atoms with van der Waals surface area (Å²) in [5, 5.41) is 2.59. The molecule has 0 N–H and O–H groups in total. The molecule has 1 aromatic heterocycles. The SMILES string of the molecule is CN1C2c3ccccc3C1c1c2ncc2ccccc12. The molecule has 0 fully saturated rings. The van der Waals surface area contributed by atoms with Crippen molar-refractivity contribution < 1.29 is 0 Å². The van der Waals surface area contributed by atoms with E-state index in [0.29, 0.717) is 12.1 Å². The summed E-state index contributed by atoms with van der Waals surface area (Å²) in [5.41, 5.74) is 5.53. The van der Waals surface area contributed by atoms with Gasteiger partial charge < -0.3 is 0 Å². The average Bonchev–Trinajstić information content (AvgIpc) is 2.96.